The summed E-state index contributed by atoms with van der Waals surface area (Å²) in [4.78, 5) is 4.00. The lowest BCUT2D eigenvalue weighted by molar-refractivity contribution is 0.356. The fourth-order valence-corrected chi connectivity index (χ4v) is 3.53. The maximum atomic E-state index is 5.63. The number of benzene rings is 2. The van der Waals surface area contributed by atoms with Crippen molar-refractivity contribution in [1.29, 1.82) is 0 Å². The van der Waals surface area contributed by atoms with E-state index in [2.05, 4.69) is 71.7 Å². The first kappa shape index (κ1) is 16.8. The van der Waals surface area contributed by atoms with E-state index >= 15 is 0 Å². The molecule has 0 saturated heterocycles. The summed E-state index contributed by atoms with van der Waals surface area (Å²) >= 11 is 0. The molecule has 0 fully saturated rings. The van der Waals surface area contributed by atoms with Crippen molar-refractivity contribution >= 4 is 0 Å². The van der Waals surface area contributed by atoms with Gasteiger partial charge in [0.2, 0.25) is 0 Å². The van der Waals surface area contributed by atoms with Crippen LogP contribution in [0, 0.1) is 0 Å². The SMILES string of the molecule is CC[C@H](N[C@@H](C)c1ccc(-n2cncn2)cc1)c1ccc2c(c1)CCO2. The van der Waals surface area contributed by atoms with Crippen LogP contribution >= 0.6 is 0 Å². The maximum Gasteiger partial charge on any atom is 0.138 e. The molecule has 3 aromatic rings. The van der Waals surface area contributed by atoms with Gasteiger partial charge in [0.05, 0.1) is 12.3 Å². The Morgan fingerprint density at radius 2 is 1.96 bits per heavy atom. The monoisotopic (exact) mass is 348 g/mol. The third kappa shape index (κ3) is 3.35. The Bertz CT molecular complexity index is 858. The molecule has 1 N–H and O–H groups in total. The van der Waals surface area contributed by atoms with E-state index in [4.69, 9.17) is 4.74 Å². The van der Waals surface area contributed by atoms with Crippen LogP contribution in [-0.2, 0) is 6.42 Å². The lowest BCUT2D eigenvalue weighted by atomic mass is 9.98. The van der Waals surface area contributed by atoms with Crippen LogP contribution in [0.1, 0.15) is 49.0 Å². The topological polar surface area (TPSA) is 52.0 Å². The Hall–Kier alpha value is -2.66. The van der Waals surface area contributed by atoms with E-state index in [-0.39, 0.29) is 6.04 Å². The zero-order chi connectivity index (χ0) is 17.9. The predicted molar refractivity (Wildman–Crippen MR) is 102 cm³/mol. The van der Waals surface area contributed by atoms with Gasteiger partial charge < -0.3 is 10.1 Å². The molecule has 5 heteroatoms. The van der Waals surface area contributed by atoms with Crippen molar-refractivity contribution in [1.82, 2.24) is 20.1 Å². The lowest BCUT2D eigenvalue weighted by Gasteiger charge is -2.23. The Kier molecular flexibility index (Phi) is 4.71. The second kappa shape index (κ2) is 7.30. The third-order valence-electron chi connectivity index (χ3n) is 5.05. The van der Waals surface area contributed by atoms with Crippen LogP contribution in [0.5, 0.6) is 5.75 Å². The van der Waals surface area contributed by atoms with Crippen molar-refractivity contribution in [3.8, 4) is 11.4 Å². The summed E-state index contributed by atoms with van der Waals surface area (Å²) in [6.07, 6.45) is 5.31. The summed E-state index contributed by atoms with van der Waals surface area (Å²) in [7, 11) is 0. The molecule has 2 atom stereocenters. The molecule has 0 amide bonds. The van der Waals surface area contributed by atoms with Gasteiger partial charge in [-0.3, -0.25) is 0 Å². The highest BCUT2D eigenvalue weighted by Crippen LogP contribution is 2.30. The minimum Gasteiger partial charge on any atom is -0.493 e. The van der Waals surface area contributed by atoms with Crippen LogP contribution in [0.3, 0.4) is 0 Å². The quantitative estimate of drug-likeness (QED) is 0.731. The Labute approximate surface area is 154 Å². The highest BCUT2D eigenvalue weighted by Gasteiger charge is 2.18. The number of nitrogens with one attached hydrogen (secondary N) is 1. The molecule has 4 rings (SSSR count). The summed E-state index contributed by atoms with van der Waals surface area (Å²) in [6, 6.07) is 15.6. The highest BCUT2D eigenvalue weighted by molar-refractivity contribution is 5.41. The first-order chi connectivity index (χ1) is 12.7. The Morgan fingerprint density at radius 3 is 2.69 bits per heavy atom. The van der Waals surface area contributed by atoms with Crippen molar-refractivity contribution in [3.05, 3.63) is 71.8 Å². The Morgan fingerprint density at radius 1 is 1.15 bits per heavy atom. The largest absolute Gasteiger partial charge is 0.493 e. The number of nitrogens with zero attached hydrogens (tertiary/aromatic N) is 3. The standard InChI is InChI=1S/C21H24N4O/c1-3-20(17-6-9-21-18(12-17)10-11-26-21)24-15(2)16-4-7-19(8-5-16)25-14-22-13-23-25/h4-9,12-15,20,24H,3,10-11H2,1-2H3/t15-,20-/m0/s1. The average molecular weight is 348 g/mol. The molecule has 1 aliphatic rings. The van der Waals surface area contributed by atoms with E-state index < -0.39 is 0 Å². The van der Waals surface area contributed by atoms with Crippen LogP contribution in [0.25, 0.3) is 5.69 Å². The van der Waals surface area contributed by atoms with Crippen LogP contribution in [0.15, 0.2) is 55.1 Å². The third-order valence-corrected chi connectivity index (χ3v) is 5.05. The molecular formula is C21H24N4O. The zero-order valence-corrected chi connectivity index (χ0v) is 15.2. The summed E-state index contributed by atoms with van der Waals surface area (Å²) in [6.45, 7) is 5.24. The molecule has 5 nitrogen and oxygen atoms in total. The molecular weight excluding hydrogens is 324 g/mol. The van der Waals surface area contributed by atoms with Gasteiger partial charge in [-0.05, 0) is 48.2 Å². The van der Waals surface area contributed by atoms with Gasteiger partial charge in [0, 0.05) is 18.5 Å². The number of rotatable bonds is 6. The van der Waals surface area contributed by atoms with Gasteiger partial charge >= 0.3 is 0 Å². The minimum atomic E-state index is 0.259. The van der Waals surface area contributed by atoms with Crippen LogP contribution in [-0.4, -0.2) is 21.4 Å². The van der Waals surface area contributed by atoms with Gasteiger partial charge in [0.1, 0.15) is 18.4 Å². The maximum absolute atomic E-state index is 5.63. The van der Waals surface area contributed by atoms with E-state index in [1.54, 1.807) is 17.3 Å². The molecule has 1 aliphatic heterocycles. The number of aromatic nitrogens is 3. The first-order valence-corrected chi connectivity index (χ1v) is 9.21. The fraction of sp³-hybridized carbons (Fsp3) is 0.333. The number of ether oxygens (including phenoxy) is 1. The second-order valence-electron chi connectivity index (χ2n) is 6.75. The molecule has 134 valence electrons. The Balaban J connectivity index is 1.48. The molecule has 26 heavy (non-hydrogen) atoms. The minimum absolute atomic E-state index is 0.259. The summed E-state index contributed by atoms with van der Waals surface area (Å²) in [5, 5.41) is 7.94. The van der Waals surface area contributed by atoms with Crippen LogP contribution in [0.4, 0.5) is 0 Å². The molecule has 0 saturated carbocycles. The van der Waals surface area contributed by atoms with Crippen LogP contribution in [0.2, 0.25) is 0 Å². The molecule has 0 bridgehead atoms. The van der Waals surface area contributed by atoms with E-state index in [0.717, 1.165) is 30.9 Å². The van der Waals surface area contributed by atoms with Crippen molar-refractivity contribution in [2.75, 3.05) is 6.61 Å². The van der Waals surface area contributed by atoms with Gasteiger partial charge in [-0.25, -0.2) is 9.67 Å². The van der Waals surface area contributed by atoms with Crippen molar-refractivity contribution in [3.63, 3.8) is 0 Å². The molecule has 1 aromatic heterocycles. The van der Waals surface area contributed by atoms with E-state index in [1.807, 2.05) is 0 Å². The number of fused-ring (bicyclic) bond motifs is 1. The van der Waals surface area contributed by atoms with Gasteiger partial charge in [-0.2, -0.15) is 5.10 Å². The number of hydrogen-bond acceptors (Lipinski definition) is 4. The van der Waals surface area contributed by atoms with Crippen molar-refractivity contribution in [2.24, 2.45) is 0 Å². The average Bonchev–Trinajstić information content (AvgIpc) is 3.37. The molecule has 0 spiro atoms. The van der Waals surface area contributed by atoms with E-state index in [9.17, 15) is 0 Å². The fourth-order valence-electron chi connectivity index (χ4n) is 3.53. The zero-order valence-electron chi connectivity index (χ0n) is 15.2. The summed E-state index contributed by atoms with van der Waals surface area (Å²) < 4.78 is 7.39. The van der Waals surface area contributed by atoms with Crippen LogP contribution < -0.4 is 10.1 Å². The lowest BCUT2D eigenvalue weighted by Crippen LogP contribution is -2.24. The van der Waals surface area contributed by atoms with Gasteiger partial charge in [-0.15, -0.1) is 0 Å². The molecule has 2 aromatic carbocycles. The summed E-state index contributed by atoms with van der Waals surface area (Å²) in [5.74, 6) is 1.04. The van der Waals surface area contributed by atoms with Gasteiger partial charge in [0.25, 0.3) is 0 Å². The second-order valence-corrected chi connectivity index (χ2v) is 6.75. The molecule has 2 heterocycles. The van der Waals surface area contributed by atoms with E-state index in [1.165, 1.54) is 16.7 Å². The molecule has 0 radical (unpaired) electrons. The first-order valence-electron chi connectivity index (χ1n) is 9.21. The molecule has 0 unspecified atom stereocenters. The summed E-state index contributed by atoms with van der Waals surface area (Å²) in [5.41, 5.74) is 4.94. The molecule has 0 aliphatic carbocycles. The smallest absolute Gasteiger partial charge is 0.138 e. The van der Waals surface area contributed by atoms with Gasteiger partial charge in [0.15, 0.2) is 0 Å². The predicted octanol–water partition coefficient (Wildman–Crippen LogP) is 4.00. The highest BCUT2D eigenvalue weighted by atomic mass is 16.5. The van der Waals surface area contributed by atoms with E-state index in [0.29, 0.717) is 6.04 Å². The number of hydrogen-bond donors (Lipinski definition) is 1. The van der Waals surface area contributed by atoms with Gasteiger partial charge in [-0.1, -0.05) is 31.2 Å². The normalized spacial score (nSPS) is 15.3. The van der Waals surface area contributed by atoms with Crippen molar-refractivity contribution < 1.29 is 4.74 Å². The van der Waals surface area contributed by atoms with Crippen molar-refractivity contribution in [2.45, 2.75) is 38.8 Å².